The summed E-state index contributed by atoms with van der Waals surface area (Å²) in [6.45, 7) is 0. The Bertz CT molecular complexity index is 2210. The molecule has 0 amide bonds. The van der Waals surface area contributed by atoms with E-state index in [2.05, 4.69) is 188 Å². The molecule has 0 heterocycles. The summed E-state index contributed by atoms with van der Waals surface area (Å²) >= 11 is 0. The number of fused-ring (bicyclic) bond motifs is 2. The van der Waals surface area contributed by atoms with Crippen LogP contribution in [0.5, 0.6) is 0 Å². The number of hydrogen-bond acceptors (Lipinski definition) is 1. The van der Waals surface area contributed by atoms with Gasteiger partial charge in [0.1, 0.15) is 5.34 Å². The molecule has 7 aromatic carbocycles. The molecule has 0 aromatic heterocycles. The van der Waals surface area contributed by atoms with Gasteiger partial charge >= 0.3 is 0 Å². The van der Waals surface area contributed by atoms with Crippen LogP contribution in [0.3, 0.4) is 0 Å². The van der Waals surface area contributed by atoms with Gasteiger partial charge in [-0.05, 0) is 69.1 Å². The van der Waals surface area contributed by atoms with E-state index in [0.717, 1.165) is 27.0 Å². The summed E-state index contributed by atoms with van der Waals surface area (Å²) in [6.07, 6.45) is 2.77. The maximum absolute atomic E-state index is 13.8. The van der Waals surface area contributed by atoms with E-state index < -0.39 is 21.2 Å². The molecular formula is C44H34OP2. The highest BCUT2D eigenvalue weighted by Crippen LogP contribution is 2.56. The van der Waals surface area contributed by atoms with E-state index >= 15 is 0 Å². The van der Waals surface area contributed by atoms with Gasteiger partial charge in [-0.15, -0.1) is 0 Å². The van der Waals surface area contributed by atoms with Crippen LogP contribution < -0.4 is 37.0 Å². The van der Waals surface area contributed by atoms with Gasteiger partial charge in [-0.25, -0.2) is 0 Å². The molecule has 1 atom stereocenters. The van der Waals surface area contributed by atoms with Crippen LogP contribution in [0.15, 0.2) is 182 Å². The van der Waals surface area contributed by atoms with E-state index in [1.807, 2.05) is 0 Å². The number of hydrogen-bond donors (Lipinski definition) is 1. The van der Waals surface area contributed by atoms with Gasteiger partial charge in [0.05, 0.1) is 0 Å². The Kier molecular flexibility index (Phi) is 8.14. The van der Waals surface area contributed by atoms with Crippen molar-refractivity contribution in [2.75, 3.05) is 0 Å². The predicted molar refractivity (Wildman–Crippen MR) is 204 cm³/mol. The molecule has 1 N–H and O–H groups in total. The fourth-order valence-corrected chi connectivity index (χ4v) is 12.3. The third kappa shape index (κ3) is 5.46. The summed E-state index contributed by atoms with van der Waals surface area (Å²) in [6, 6.07) is 65.1. The van der Waals surface area contributed by atoms with Crippen molar-refractivity contribution in [2.24, 2.45) is 0 Å². The molecule has 0 aliphatic heterocycles. The second kappa shape index (κ2) is 12.9. The second-order valence-corrected chi connectivity index (χ2v) is 16.5. The maximum atomic E-state index is 13.8. The lowest BCUT2D eigenvalue weighted by Crippen LogP contribution is -2.46. The molecule has 1 aliphatic rings. The first-order chi connectivity index (χ1) is 23.2. The highest BCUT2D eigenvalue weighted by Gasteiger charge is 2.45. The topological polar surface area (TPSA) is 20.2 Å². The molecule has 0 saturated carbocycles. The van der Waals surface area contributed by atoms with E-state index in [-0.39, 0.29) is 0 Å². The fraction of sp³-hybridized carbons (Fsp3) is 0.0455. The Hall–Kier alpha value is -4.64. The van der Waals surface area contributed by atoms with Gasteiger partial charge in [-0.2, -0.15) is 0 Å². The molecule has 226 valence electrons. The van der Waals surface area contributed by atoms with Crippen molar-refractivity contribution < 1.29 is 5.11 Å². The molecular weight excluding hydrogens is 606 g/mol. The van der Waals surface area contributed by atoms with Crippen LogP contribution in [0.1, 0.15) is 12.0 Å². The minimum atomic E-state index is -1.24. The van der Waals surface area contributed by atoms with E-state index in [4.69, 9.17) is 0 Å². The minimum absolute atomic E-state index is 0.520. The van der Waals surface area contributed by atoms with Crippen molar-refractivity contribution in [2.45, 2.75) is 11.8 Å². The Labute approximate surface area is 278 Å². The van der Waals surface area contributed by atoms with Crippen LogP contribution in [0.2, 0.25) is 0 Å². The lowest BCUT2D eigenvalue weighted by molar-refractivity contribution is 0.198. The first kappa shape index (κ1) is 29.7. The van der Waals surface area contributed by atoms with Gasteiger partial charge in [0.2, 0.25) is 0 Å². The summed E-state index contributed by atoms with van der Waals surface area (Å²) in [5.41, 5.74) is 2.19. The van der Waals surface area contributed by atoms with Crippen molar-refractivity contribution in [3.05, 3.63) is 198 Å². The average Bonchev–Trinajstić information content (AvgIpc) is 3.14. The van der Waals surface area contributed by atoms with Gasteiger partial charge in [-0.3, -0.25) is 0 Å². The molecule has 0 radical (unpaired) electrons. The van der Waals surface area contributed by atoms with E-state index in [0.29, 0.717) is 6.42 Å². The fourth-order valence-electron chi connectivity index (χ4n) is 7.03. The zero-order valence-corrected chi connectivity index (χ0v) is 27.7. The SMILES string of the molecule is OC1(P(c2ccccc2)c2ccccc2)CC=c2ccccc2=C1c1c(P(c2ccccc2)c2ccccc2)ccc2ccccc12. The minimum Gasteiger partial charge on any atom is -0.380 e. The lowest BCUT2D eigenvalue weighted by Gasteiger charge is -2.42. The van der Waals surface area contributed by atoms with Crippen LogP contribution in [-0.2, 0) is 0 Å². The maximum Gasteiger partial charge on any atom is 0.121 e. The summed E-state index contributed by atoms with van der Waals surface area (Å²) in [5, 5.41) is 23.4. The third-order valence-electron chi connectivity index (χ3n) is 9.06. The normalized spacial score (nSPS) is 15.9. The van der Waals surface area contributed by atoms with Crippen molar-refractivity contribution in [3.63, 3.8) is 0 Å². The number of rotatable bonds is 7. The van der Waals surface area contributed by atoms with Crippen LogP contribution in [-0.4, -0.2) is 10.4 Å². The Morgan fingerprint density at radius 1 is 0.468 bits per heavy atom. The standard InChI is InChI=1S/C44H34OP2/c45-44(47(37-23-9-3-10-24-37)38-25-11-4-12-26-38)32-31-34-18-14-16-28-40(34)43(44)42-39-27-15-13-17-33(39)29-30-41(42)46(35-19-5-1-6-20-35)36-21-7-2-8-22-36/h1-31,45H,32H2. The molecule has 0 spiro atoms. The van der Waals surface area contributed by atoms with Gasteiger partial charge in [-0.1, -0.05) is 188 Å². The lowest BCUT2D eigenvalue weighted by atomic mass is 9.87. The second-order valence-electron chi connectivity index (χ2n) is 11.9. The molecule has 7 aromatic rings. The molecule has 1 aliphatic carbocycles. The van der Waals surface area contributed by atoms with Crippen LogP contribution in [0, 0.1) is 0 Å². The quantitative estimate of drug-likeness (QED) is 0.190. The Morgan fingerprint density at radius 3 is 1.55 bits per heavy atom. The number of aliphatic hydroxyl groups is 1. The monoisotopic (exact) mass is 640 g/mol. The van der Waals surface area contributed by atoms with Gasteiger partial charge in [0, 0.05) is 12.0 Å². The Morgan fingerprint density at radius 2 is 0.957 bits per heavy atom. The van der Waals surface area contributed by atoms with Crippen LogP contribution >= 0.6 is 15.8 Å². The third-order valence-corrected chi connectivity index (χ3v) is 14.3. The molecule has 1 nitrogen and oxygen atoms in total. The summed E-state index contributed by atoms with van der Waals surface area (Å²) in [4.78, 5) is 0. The van der Waals surface area contributed by atoms with Crippen molar-refractivity contribution in [1.82, 2.24) is 0 Å². The van der Waals surface area contributed by atoms with Gasteiger partial charge < -0.3 is 5.11 Å². The summed E-state index contributed by atoms with van der Waals surface area (Å²) in [5.74, 6) is 0. The van der Waals surface area contributed by atoms with E-state index in [1.165, 1.54) is 31.9 Å². The first-order valence-corrected chi connectivity index (χ1v) is 18.8. The van der Waals surface area contributed by atoms with Crippen molar-refractivity contribution in [3.8, 4) is 0 Å². The van der Waals surface area contributed by atoms with E-state index in [1.54, 1.807) is 0 Å². The molecule has 3 heteroatoms. The van der Waals surface area contributed by atoms with Crippen molar-refractivity contribution >= 4 is 64.8 Å². The average molecular weight is 641 g/mol. The smallest absolute Gasteiger partial charge is 0.121 e. The highest BCUT2D eigenvalue weighted by atomic mass is 31.1. The zero-order chi connectivity index (χ0) is 31.6. The van der Waals surface area contributed by atoms with E-state index in [9.17, 15) is 5.11 Å². The molecule has 0 fully saturated rings. The molecule has 0 saturated heterocycles. The molecule has 47 heavy (non-hydrogen) atoms. The highest BCUT2D eigenvalue weighted by molar-refractivity contribution is 7.80. The Balaban J connectivity index is 1.52. The van der Waals surface area contributed by atoms with Gasteiger partial charge in [0.15, 0.2) is 0 Å². The summed E-state index contributed by atoms with van der Waals surface area (Å²) in [7, 11) is -2.20. The van der Waals surface area contributed by atoms with Crippen LogP contribution in [0.4, 0.5) is 0 Å². The van der Waals surface area contributed by atoms with Crippen LogP contribution in [0.25, 0.3) is 22.4 Å². The van der Waals surface area contributed by atoms with Crippen molar-refractivity contribution in [1.29, 1.82) is 0 Å². The molecule has 8 rings (SSSR count). The van der Waals surface area contributed by atoms with Gasteiger partial charge in [0.25, 0.3) is 0 Å². The predicted octanol–water partition coefficient (Wildman–Crippen LogP) is 6.80. The molecule has 0 bridgehead atoms. The number of benzene rings is 7. The largest absolute Gasteiger partial charge is 0.380 e. The summed E-state index contributed by atoms with van der Waals surface area (Å²) < 4.78 is 0. The zero-order valence-electron chi connectivity index (χ0n) is 25.9. The first-order valence-electron chi connectivity index (χ1n) is 16.1. The molecule has 1 unspecified atom stereocenters.